The zero-order chi connectivity index (χ0) is 26.1. The smallest absolute Gasteiger partial charge is 0.418 e. The Morgan fingerprint density at radius 1 is 1.00 bits per heavy atom. The summed E-state index contributed by atoms with van der Waals surface area (Å²) in [5, 5.41) is 0.238. The minimum absolute atomic E-state index is 0.0854. The molecule has 6 nitrogen and oxygen atoms in total. The number of rotatable bonds is 7. The van der Waals surface area contributed by atoms with Gasteiger partial charge in [0.05, 0.1) is 38.1 Å². The molecule has 1 heterocycles. The van der Waals surface area contributed by atoms with Gasteiger partial charge in [0.2, 0.25) is 0 Å². The molecule has 0 aliphatic heterocycles. The van der Waals surface area contributed by atoms with Crippen molar-refractivity contribution >= 4 is 32.5 Å². The van der Waals surface area contributed by atoms with Gasteiger partial charge in [0.25, 0.3) is 0 Å². The van der Waals surface area contributed by atoms with Crippen LogP contribution < -0.4 is 10.5 Å². The zero-order valence-electron chi connectivity index (χ0n) is 19.0. The first-order valence-corrected chi connectivity index (χ1v) is 12.9. The zero-order valence-corrected chi connectivity index (χ0v) is 20.6. The Kier molecular flexibility index (Phi) is 7.21. The van der Waals surface area contributed by atoms with Gasteiger partial charge >= 0.3 is 6.18 Å². The van der Waals surface area contributed by atoms with Crippen LogP contribution in [0.3, 0.4) is 0 Å². The fourth-order valence-electron chi connectivity index (χ4n) is 3.66. The van der Waals surface area contributed by atoms with Crippen LogP contribution in [0.5, 0.6) is 11.5 Å². The van der Waals surface area contributed by atoms with E-state index in [-0.39, 0.29) is 50.4 Å². The molecule has 0 saturated carbocycles. The van der Waals surface area contributed by atoms with Crippen molar-refractivity contribution in [3.8, 4) is 22.8 Å². The van der Waals surface area contributed by atoms with Crippen LogP contribution in [0.25, 0.3) is 22.3 Å². The topological polar surface area (TPSA) is 95.2 Å². The molecular weight excluding hydrogens is 515 g/mol. The van der Waals surface area contributed by atoms with Crippen molar-refractivity contribution in [2.45, 2.75) is 24.4 Å². The number of benzene rings is 3. The van der Waals surface area contributed by atoms with E-state index < -0.39 is 21.6 Å². The van der Waals surface area contributed by atoms with Gasteiger partial charge in [-0.25, -0.2) is 18.4 Å². The average Bonchev–Trinajstić information content (AvgIpc) is 2.83. The van der Waals surface area contributed by atoms with Crippen LogP contribution in [-0.2, 0) is 16.0 Å². The fourth-order valence-corrected chi connectivity index (χ4v) is 5.23. The second-order valence-electron chi connectivity index (χ2n) is 8.01. The van der Waals surface area contributed by atoms with Gasteiger partial charge < -0.3 is 10.5 Å². The maximum absolute atomic E-state index is 13.6. The molecular formula is C25H21ClF3N3O3S. The molecule has 0 radical (unpaired) electrons. The van der Waals surface area contributed by atoms with Crippen molar-refractivity contribution in [1.29, 1.82) is 0 Å². The van der Waals surface area contributed by atoms with E-state index in [4.69, 9.17) is 22.1 Å². The van der Waals surface area contributed by atoms with Crippen molar-refractivity contribution in [3.05, 3.63) is 76.9 Å². The molecule has 0 fully saturated rings. The summed E-state index contributed by atoms with van der Waals surface area (Å²) >= 11 is 6.39. The molecule has 36 heavy (non-hydrogen) atoms. The summed E-state index contributed by atoms with van der Waals surface area (Å²) in [7, 11) is -3.53. The molecule has 1 aromatic heterocycles. The van der Waals surface area contributed by atoms with Gasteiger partial charge in [-0.2, -0.15) is 13.2 Å². The lowest BCUT2D eigenvalue weighted by atomic mass is 10.1. The first kappa shape index (κ1) is 25.9. The summed E-state index contributed by atoms with van der Waals surface area (Å²) < 4.78 is 71.5. The lowest BCUT2D eigenvalue weighted by molar-refractivity contribution is -0.136. The molecule has 11 heteroatoms. The highest BCUT2D eigenvalue weighted by atomic mass is 35.5. The molecule has 0 amide bonds. The Balaban J connectivity index is 1.74. The first-order valence-electron chi connectivity index (χ1n) is 10.8. The minimum Gasteiger partial charge on any atom is -0.457 e. The van der Waals surface area contributed by atoms with Crippen LogP contribution in [0, 0.1) is 6.92 Å². The Morgan fingerprint density at radius 2 is 1.72 bits per heavy atom. The highest BCUT2D eigenvalue weighted by Crippen LogP contribution is 2.38. The van der Waals surface area contributed by atoms with E-state index in [0.717, 1.165) is 6.07 Å². The summed E-state index contributed by atoms with van der Waals surface area (Å²) in [5.74, 6) is 0.465. The minimum atomic E-state index is -4.61. The second-order valence-corrected chi connectivity index (χ2v) is 10.5. The summed E-state index contributed by atoms with van der Waals surface area (Å²) in [6.07, 6.45) is -4.28. The molecule has 0 unspecified atom stereocenters. The van der Waals surface area contributed by atoms with Crippen LogP contribution in [0.2, 0.25) is 5.02 Å². The third-order valence-corrected chi connectivity index (χ3v) is 7.51. The number of hydrogen-bond donors (Lipinski definition) is 1. The highest BCUT2D eigenvalue weighted by Gasteiger charge is 2.33. The summed E-state index contributed by atoms with van der Waals surface area (Å²) in [5.41, 5.74) is 5.23. The normalized spacial score (nSPS) is 12.2. The number of aromatic nitrogens is 2. The van der Waals surface area contributed by atoms with Crippen LogP contribution in [0.4, 0.5) is 13.2 Å². The molecule has 0 spiro atoms. The fraction of sp³-hybridized carbons (Fsp3) is 0.200. The van der Waals surface area contributed by atoms with Crippen molar-refractivity contribution < 1.29 is 26.3 Å². The Morgan fingerprint density at radius 3 is 2.44 bits per heavy atom. The van der Waals surface area contributed by atoms with E-state index in [1.165, 1.54) is 36.4 Å². The molecule has 0 aliphatic rings. The maximum Gasteiger partial charge on any atom is 0.418 e. The lowest BCUT2D eigenvalue weighted by Gasteiger charge is -2.14. The molecule has 2 N–H and O–H groups in total. The third-order valence-electron chi connectivity index (χ3n) is 5.39. The molecule has 0 bridgehead atoms. The number of hydrogen-bond acceptors (Lipinski definition) is 6. The molecule has 0 saturated heterocycles. The van der Waals surface area contributed by atoms with Gasteiger partial charge in [0.15, 0.2) is 9.84 Å². The van der Waals surface area contributed by atoms with Crippen LogP contribution in [-0.4, -0.2) is 30.7 Å². The second kappa shape index (κ2) is 10.0. The van der Waals surface area contributed by atoms with Crippen LogP contribution in [0.1, 0.15) is 17.7 Å². The summed E-state index contributed by atoms with van der Waals surface area (Å²) in [6.45, 7) is 1.88. The van der Waals surface area contributed by atoms with Crippen molar-refractivity contribution in [2.75, 3.05) is 12.3 Å². The number of halogens is 4. The van der Waals surface area contributed by atoms with Crippen molar-refractivity contribution in [1.82, 2.24) is 9.97 Å². The number of aryl methyl sites for hydroxylation is 1. The van der Waals surface area contributed by atoms with Gasteiger partial charge in [-0.15, -0.1) is 0 Å². The SMILES string of the molecule is Cc1nc2cccc(C(F)(F)F)c2nc1-c1cc(Oc2cccc(S(=O)(=O)CCCN)c2)ccc1Cl. The molecule has 3 aromatic carbocycles. The summed E-state index contributed by atoms with van der Waals surface area (Å²) in [4.78, 5) is 8.69. The maximum atomic E-state index is 13.6. The van der Waals surface area contributed by atoms with Crippen LogP contribution in [0.15, 0.2) is 65.6 Å². The van der Waals surface area contributed by atoms with Gasteiger partial charge in [-0.1, -0.05) is 23.7 Å². The Labute approximate surface area is 210 Å². The van der Waals surface area contributed by atoms with Gasteiger partial charge in [0, 0.05) is 5.56 Å². The van der Waals surface area contributed by atoms with E-state index in [1.54, 1.807) is 25.1 Å². The first-order chi connectivity index (χ1) is 17.0. The molecule has 4 rings (SSSR count). The molecule has 0 aliphatic carbocycles. The van der Waals surface area contributed by atoms with E-state index >= 15 is 0 Å². The number of ether oxygens (including phenoxy) is 1. The van der Waals surface area contributed by atoms with Crippen molar-refractivity contribution in [3.63, 3.8) is 0 Å². The highest BCUT2D eigenvalue weighted by molar-refractivity contribution is 7.91. The average molecular weight is 536 g/mol. The quantitative estimate of drug-likeness (QED) is 0.303. The van der Waals surface area contributed by atoms with E-state index in [2.05, 4.69) is 9.97 Å². The van der Waals surface area contributed by atoms with Crippen molar-refractivity contribution in [2.24, 2.45) is 5.73 Å². The largest absolute Gasteiger partial charge is 0.457 e. The number of nitrogens with two attached hydrogens (primary N) is 1. The van der Waals surface area contributed by atoms with E-state index in [1.807, 2.05) is 0 Å². The Hall–Kier alpha value is -3.21. The molecule has 0 atom stereocenters. The standard InChI is InChI=1S/C25H21ClF3N3O3S/c1-15-23(32-24-20(25(27,28)29)7-3-8-22(24)31-15)19-14-17(9-10-21(19)26)35-16-5-2-6-18(13-16)36(33,34)12-4-11-30/h2-3,5-10,13-14H,4,11-12,30H2,1H3. The number of fused-ring (bicyclic) bond motifs is 1. The van der Waals surface area contributed by atoms with Gasteiger partial charge in [-0.05, 0) is 68.4 Å². The van der Waals surface area contributed by atoms with E-state index in [0.29, 0.717) is 17.7 Å². The predicted molar refractivity (Wildman–Crippen MR) is 132 cm³/mol. The number of sulfone groups is 1. The number of para-hydroxylation sites is 1. The lowest BCUT2D eigenvalue weighted by Crippen LogP contribution is -2.11. The third kappa shape index (κ3) is 5.45. The molecule has 188 valence electrons. The molecule has 4 aromatic rings. The number of alkyl halides is 3. The monoisotopic (exact) mass is 535 g/mol. The van der Waals surface area contributed by atoms with Crippen LogP contribution >= 0.6 is 11.6 Å². The Bertz CT molecular complexity index is 1540. The summed E-state index contributed by atoms with van der Waals surface area (Å²) in [6, 6.07) is 14.3. The van der Waals surface area contributed by atoms with Gasteiger partial charge in [-0.3, -0.25) is 0 Å². The predicted octanol–water partition coefficient (Wildman–Crippen LogP) is 6.19. The van der Waals surface area contributed by atoms with Gasteiger partial charge in [0.1, 0.15) is 17.0 Å². The van der Waals surface area contributed by atoms with E-state index in [9.17, 15) is 21.6 Å². The number of nitrogens with zero attached hydrogens (tertiary/aromatic N) is 2.